The minimum absolute atomic E-state index is 0.746. The van der Waals surface area contributed by atoms with Gasteiger partial charge in [-0.15, -0.1) is 0 Å². The zero-order chi connectivity index (χ0) is 10.2. The first-order valence-corrected chi connectivity index (χ1v) is 9.82. The molecule has 0 saturated carbocycles. The third-order valence-corrected chi connectivity index (χ3v) is 10.6. The van der Waals surface area contributed by atoms with E-state index < -0.39 is 13.7 Å². The first-order valence-electron chi connectivity index (χ1n) is 5.01. The summed E-state index contributed by atoms with van der Waals surface area (Å²) in [5.41, 5.74) is 2.58. The van der Waals surface area contributed by atoms with E-state index in [-0.39, 0.29) is 0 Å². The number of rotatable bonds is 1. The van der Waals surface area contributed by atoms with Crippen LogP contribution >= 0.6 is 0 Å². The van der Waals surface area contributed by atoms with Crippen molar-refractivity contribution in [2.24, 2.45) is 0 Å². The predicted octanol–water partition coefficient (Wildman–Crippen LogP) is 3.16. The summed E-state index contributed by atoms with van der Waals surface area (Å²) in [6.07, 6.45) is 0. The summed E-state index contributed by atoms with van der Waals surface area (Å²) in [5.74, 6) is 0. The second-order valence-corrected chi connectivity index (χ2v) is 11.0. The molecule has 0 spiro atoms. The average Bonchev–Trinajstić information content (AvgIpc) is 2.44. The first-order chi connectivity index (χ1) is 6.62. The van der Waals surface area contributed by atoms with Crippen LogP contribution in [0.1, 0.15) is 13.8 Å². The van der Waals surface area contributed by atoms with Crippen molar-refractivity contribution in [3.05, 3.63) is 41.5 Å². The summed E-state index contributed by atoms with van der Waals surface area (Å²) >= 11 is -3.19. The molecule has 2 rings (SSSR count). The Morgan fingerprint density at radius 3 is 2.00 bits per heavy atom. The van der Waals surface area contributed by atoms with Crippen molar-refractivity contribution >= 4 is 18.1 Å². The van der Waals surface area contributed by atoms with Gasteiger partial charge in [-0.1, -0.05) is 0 Å². The summed E-state index contributed by atoms with van der Waals surface area (Å²) in [5, 5.41) is 1.49. The van der Waals surface area contributed by atoms with E-state index in [1.165, 1.54) is 11.1 Å². The molecular formula is C12H15FGe. The van der Waals surface area contributed by atoms with Crippen molar-refractivity contribution in [1.29, 1.82) is 0 Å². The van der Waals surface area contributed by atoms with Gasteiger partial charge in [0.15, 0.2) is 0 Å². The van der Waals surface area contributed by atoms with Crippen LogP contribution in [0.4, 0.5) is 3.50 Å². The topological polar surface area (TPSA) is 0 Å². The fourth-order valence-corrected chi connectivity index (χ4v) is 9.72. The molecule has 0 aliphatic carbocycles. The molecular weight excluding hydrogens is 236 g/mol. The second kappa shape index (κ2) is 3.54. The molecule has 0 radical (unpaired) electrons. The van der Waals surface area contributed by atoms with Crippen LogP contribution in [-0.2, 0) is 0 Å². The third-order valence-electron chi connectivity index (χ3n) is 3.11. The molecule has 0 nitrogen and oxygen atoms in total. The fourth-order valence-electron chi connectivity index (χ4n) is 2.15. The Morgan fingerprint density at radius 1 is 1.00 bits per heavy atom. The van der Waals surface area contributed by atoms with E-state index in [1.807, 2.05) is 30.3 Å². The monoisotopic (exact) mass is 252 g/mol. The molecule has 74 valence electrons. The SMILES string of the molecule is CC1=C(C)[CH2][Ge]([F])([c]2ccccc2)[CH2]1. The fraction of sp³-hybridized carbons (Fsp3) is 0.333. The van der Waals surface area contributed by atoms with Crippen molar-refractivity contribution in [1.82, 2.24) is 0 Å². The van der Waals surface area contributed by atoms with Gasteiger partial charge in [-0.25, -0.2) is 0 Å². The molecule has 0 bridgehead atoms. The normalized spacial score (nSPS) is 20.2. The van der Waals surface area contributed by atoms with Gasteiger partial charge >= 0.3 is 87.5 Å². The van der Waals surface area contributed by atoms with Crippen LogP contribution in [0.25, 0.3) is 0 Å². The molecule has 0 atom stereocenters. The average molecular weight is 251 g/mol. The Kier molecular flexibility index (Phi) is 2.52. The summed E-state index contributed by atoms with van der Waals surface area (Å²) in [7, 11) is 0. The van der Waals surface area contributed by atoms with Crippen LogP contribution in [0.2, 0.25) is 10.5 Å². The van der Waals surface area contributed by atoms with Gasteiger partial charge in [0, 0.05) is 0 Å². The van der Waals surface area contributed by atoms with Crippen LogP contribution in [0.15, 0.2) is 41.5 Å². The third kappa shape index (κ3) is 1.65. The van der Waals surface area contributed by atoms with Gasteiger partial charge in [-0.3, -0.25) is 0 Å². The first kappa shape index (κ1) is 9.97. The molecule has 0 fully saturated rings. The molecule has 0 amide bonds. The standard InChI is InChI=1S/C12H15FGe/c1-10-8-14(13,9-11(10)2)12-6-4-3-5-7-12/h3-7H,8-9H2,1-2H3. The van der Waals surface area contributed by atoms with Gasteiger partial charge < -0.3 is 0 Å². The number of allylic oxidation sites excluding steroid dienone is 2. The van der Waals surface area contributed by atoms with Gasteiger partial charge in [0.25, 0.3) is 0 Å². The summed E-state index contributed by atoms with van der Waals surface area (Å²) in [6, 6.07) is 9.78. The van der Waals surface area contributed by atoms with Gasteiger partial charge in [0.05, 0.1) is 0 Å². The number of benzene rings is 1. The molecule has 2 heteroatoms. The number of hydrogen-bond donors (Lipinski definition) is 0. The van der Waals surface area contributed by atoms with Crippen molar-refractivity contribution in [2.45, 2.75) is 24.4 Å². The maximum atomic E-state index is 14.7. The van der Waals surface area contributed by atoms with Crippen molar-refractivity contribution in [2.75, 3.05) is 0 Å². The molecule has 0 aromatic heterocycles. The molecule has 1 heterocycles. The van der Waals surface area contributed by atoms with Gasteiger partial charge in [-0.05, 0) is 0 Å². The van der Waals surface area contributed by atoms with E-state index in [1.54, 1.807) is 0 Å². The summed E-state index contributed by atoms with van der Waals surface area (Å²) in [4.78, 5) is 0. The molecule has 0 N–H and O–H groups in total. The van der Waals surface area contributed by atoms with Gasteiger partial charge in [-0.2, -0.15) is 0 Å². The van der Waals surface area contributed by atoms with E-state index in [9.17, 15) is 3.50 Å². The van der Waals surface area contributed by atoms with Crippen molar-refractivity contribution in [3.63, 3.8) is 0 Å². The maximum absolute atomic E-state index is 14.7. The van der Waals surface area contributed by atoms with Crippen LogP contribution < -0.4 is 4.40 Å². The van der Waals surface area contributed by atoms with Crippen LogP contribution in [0, 0.1) is 0 Å². The molecule has 0 saturated heterocycles. The Labute approximate surface area is 87.7 Å². The molecule has 14 heavy (non-hydrogen) atoms. The van der Waals surface area contributed by atoms with Crippen LogP contribution in [0.5, 0.6) is 0 Å². The van der Waals surface area contributed by atoms with Crippen molar-refractivity contribution < 1.29 is 3.50 Å². The molecule has 0 unspecified atom stereocenters. The molecule has 1 aromatic carbocycles. The molecule has 1 aliphatic rings. The quantitative estimate of drug-likeness (QED) is 0.531. The Balaban J connectivity index is 2.30. The Hall–Kier alpha value is -0.567. The van der Waals surface area contributed by atoms with Crippen molar-refractivity contribution in [3.8, 4) is 0 Å². The van der Waals surface area contributed by atoms with Gasteiger partial charge in [0.2, 0.25) is 0 Å². The second-order valence-electron chi connectivity index (χ2n) is 4.25. The van der Waals surface area contributed by atoms with E-state index in [2.05, 4.69) is 13.8 Å². The van der Waals surface area contributed by atoms with Crippen LogP contribution in [0.3, 0.4) is 0 Å². The van der Waals surface area contributed by atoms with E-state index in [4.69, 9.17) is 0 Å². The van der Waals surface area contributed by atoms with Gasteiger partial charge in [0.1, 0.15) is 0 Å². The minimum atomic E-state index is -3.19. The predicted molar refractivity (Wildman–Crippen MR) is 60.9 cm³/mol. The van der Waals surface area contributed by atoms with E-state index in [0.29, 0.717) is 0 Å². The number of halogens is 1. The van der Waals surface area contributed by atoms with E-state index in [0.717, 1.165) is 14.9 Å². The number of hydrogen-bond acceptors (Lipinski definition) is 0. The Bertz CT molecular complexity index is 353. The summed E-state index contributed by atoms with van der Waals surface area (Å²) in [6.45, 7) is 4.15. The van der Waals surface area contributed by atoms with Crippen LogP contribution in [-0.4, -0.2) is 13.7 Å². The summed E-state index contributed by atoms with van der Waals surface area (Å²) < 4.78 is 15.7. The zero-order valence-electron chi connectivity index (χ0n) is 8.68. The molecule has 1 aliphatic heterocycles. The zero-order valence-corrected chi connectivity index (χ0v) is 10.8. The molecule has 1 aromatic rings. The Morgan fingerprint density at radius 2 is 1.50 bits per heavy atom. The van der Waals surface area contributed by atoms with E-state index >= 15 is 0 Å².